The third kappa shape index (κ3) is 5.80. The Morgan fingerprint density at radius 2 is 1.92 bits per heavy atom. The molecule has 1 aliphatic rings. The number of hydrogen-bond donors (Lipinski definition) is 4. The lowest BCUT2D eigenvalue weighted by molar-refractivity contribution is -0.148. The van der Waals surface area contributed by atoms with Gasteiger partial charge in [-0.2, -0.15) is 0 Å². The molecule has 0 aromatic rings. The summed E-state index contributed by atoms with van der Waals surface area (Å²) in [5.74, 6) is -3.16. The molecule has 136 valence electrons. The van der Waals surface area contributed by atoms with Gasteiger partial charge in [0.15, 0.2) is 0 Å². The number of likely N-dealkylation sites (tertiary alicyclic amines) is 1. The first-order valence-electron chi connectivity index (χ1n) is 7.99. The van der Waals surface area contributed by atoms with E-state index in [1.165, 1.54) is 10.4 Å². The molecule has 0 aromatic heterocycles. The molecule has 2 unspecified atom stereocenters. The van der Waals surface area contributed by atoms with E-state index in [-0.39, 0.29) is 18.9 Å². The van der Waals surface area contributed by atoms with E-state index in [2.05, 4.69) is 5.32 Å². The van der Waals surface area contributed by atoms with Crippen molar-refractivity contribution >= 4 is 23.7 Å². The smallest absolute Gasteiger partial charge is 0.326 e. The van der Waals surface area contributed by atoms with Gasteiger partial charge in [0.05, 0.1) is 6.54 Å². The van der Waals surface area contributed by atoms with Crippen molar-refractivity contribution in [3.63, 3.8) is 0 Å². The normalized spacial score (nSPS) is 18.3. The molecule has 1 rings (SSSR count). The number of carbonyl (C=O) groups is 4. The number of amides is 3. The van der Waals surface area contributed by atoms with Crippen LogP contribution >= 0.6 is 0 Å². The number of carboxylic acids is 1. The summed E-state index contributed by atoms with van der Waals surface area (Å²) in [5.41, 5.74) is 1.49. The molecular formula is C15H25N3O6. The molecule has 0 bridgehead atoms. The predicted octanol–water partition coefficient (Wildman–Crippen LogP) is -0.264. The van der Waals surface area contributed by atoms with Gasteiger partial charge in [-0.3, -0.25) is 19.6 Å². The first kappa shape index (κ1) is 19.9. The Morgan fingerprint density at radius 3 is 2.46 bits per heavy atom. The largest absolute Gasteiger partial charge is 0.480 e. The van der Waals surface area contributed by atoms with Crippen LogP contribution in [0.2, 0.25) is 0 Å². The quantitative estimate of drug-likeness (QED) is 0.354. The lowest BCUT2D eigenvalue weighted by Crippen LogP contribution is -2.46. The summed E-state index contributed by atoms with van der Waals surface area (Å²) in [7, 11) is 0. The van der Waals surface area contributed by atoms with Crippen LogP contribution in [0.4, 0.5) is 0 Å². The zero-order valence-corrected chi connectivity index (χ0v) is 13.9. The van der Waals surface area contributed by atoms with Gasteiger partial charge in [0.25, 0.3) is 0 Å². The second-order valence-electron chi connectivity index (χ2n) is 6.37. The van der Waals surface area contributed by atoms with Crippen LogP contribution in [0, 0.1) is 11.8 Å². The Kier molecular flexibility index (Phi) is 7.63. The summed E-state index contributed by atoms with van der Waals surface area (Å²) in [6.45, 7) is 3.83. The SMILES string of the molecule is CC(C)CC(CC(=O)NO)C(=O)NCC(=O)N1CCCC1C(=O)O. The van der Waals surface area contributed by atoms with E-state index in [1.807, 2.05) is 13.8 Å². The molecule has 0 aliphatic carbocycles. The number of aliphatic carboxylic acids is 1. The molecule has 0 aromatic carbocycles. The number of nitrogens with one attached hydrogen (secondary N) is 2. The minimum absolute atomic E-state index is 0.151. The molecule has 0 spiro atoms. The molecular weight excluding hydrogens is 318 g/mol. The van der Waals surface area contributed by atoms with E-state index in [4.69, 9.17) is 10.3 Å². The Hall–Kier alpha value is -2.16. The molecule has 1 saturated heterocycles. The Bertz CT molecular complexity index is 494. The Balaban J connectivity index is 2.59. The molecule has 3 amide bonds. The Labute approximate surface area is 140 Å². The highest BCUT2D eigenvalue weighted by Gasteiger charge is 2.34. The number of rotatable bonds is 8. The minimum Gasteiger partial charge on any atom is -0.480 e. The summed E-state index contributed by atoms with van der Waals surface area (Å²) < 4.78 is 0. The molecule has 24 heavy (non-hydrogen) atoms. The van der Waals surface area contributed by atoms with Crippen molar-refractivity contribution in [3.8, 4) is 0 Å². The number of hydroxylamine groups is 1. The monoisotopic (exact) mass is 343 g/mol. The fourth-order valence-corrected chi connectivity index (χ4v) is 2.85. The summed E-state index contributed by atoms with van der Waals surface area (Å²) in [6, 6.07) is -0.846. The molecule has 4 N–H and O–H groups in total. The third-order valence-corrected chi connectivity index (χ3v) is 3.96. The van der Waals surface area contributed by atoms with E-state index >= 15 is 0 Å². The summed E-state index contributed by atoms with van der Waals surface area (Å²) in [6.07, 6.45) is 1.26. The zero-order chi connectivity index (χ0) is 18.3. The molecule has 0 radical (unpaired) electrons. The summed E-state index contributed by atoms with van der Waals surface area (Å²) in [5, 5.41) is 20.1. The van der Waals surface area contributed by atoms with Crippen molar-refractivity contribution in [1.29, 1.82) is 0 Å². The van der Waals surface area contributed by atoms with Gasteiger partial charge in [-0.25, -0.2) is 10.3 Å². The van der Waals surface area contributed by atoms with E-state index in [9.17, 15) is 19.2 Å². The highest BCUT2D eigenvalue weighted by Crippen LogP contribution is 2.18. The van der Waals surface area contributed by atoms with E-state index in [1.54, 1.807) is 0 Å². The van der Waals surface area contributed by atoms with E-state index < -0.39 is 35.7 Å². The lowest BCUT2D eigenvalue weighted by Gasteiger charge is -2.23. The van der Waals surface area contributed by atoms with Gasteiger partial charge in [0.2, 0.25) is 17.7 Å². The lowest BCUT2D eigenvalue weighted by atomic mass is 9.93. The maximum absolute atomic E-state index is 12.2. The molecule has 1 heterocycles. The number of nitrogens with zero attached hydrogens (tertiary/aromatic N) is 1. The minimum atomic E-state index is -1.05. The van der Waals surface area contributed by atoms with E-state index in [0.29, 0.717) is 25.8 Å². The second-order valence-corrected chi connectivity index (χ2v) is 6.37. The Morgan fingerprint density at radius 1 is 1.25 bits per heavy atom. The van der Waals surface area contributed by atoms with Crippen LogP contribution in [-0.4, -0.2) is 58.0 Å². The van der Waals surface area contributed by atoms with Crippen LogP contribution in [-0.2, 0) is 19.2 Å². The number of carbonyl (C=O) groups excluding carboxylic acids is 3. The van der Waals surface area contributed by atoms with Gasteiger partial charge >= 0.3 is 5.97 Å². The van der Waals surface area contributed by atoms with Crippen LogP contribution in [0.1, 0.15) is 39.5 Å². The van der Waals surface area contributed by atoms with Crippen molar-refractivity contribution in [1.82, 2.24) is 15.7 Å². The highest BCUT2D eigenvalue weighted by molar-refractivity contribution is 5.90. The van der Waals surface area contributed by atoms with Crippen LogP contribution in [0.5, 0.6) is 0 Å². The molecule has 1 aliphatic heterocycles. The summed E-state index contributed by atoms with van der Waals surface area (Å²) in [4.78, 5) is 48.0. The first-order chi connectivity index (χ1) is 11.3. The van der Waals surface area contributed by atoms with Gasteiger partial charge in [0.1, 0.15) is 6.04 Å². The molecule has 0 saturated carbocycles. The third-order valence-electron chi connectivity index (χ3n) is 3.96. The zero-order valence-electron chi connectivity index (χ0n) is 13.9. The first-order valence-corrected chi connectivity index (χ1v) is 7.99. The van der Waals surface area contributed by atoms with Crippen LogP contribution < -0.4 is 10.8 Å². The number of hydrogen-bond acceptors (Lipinski definition) is 5. The van der Waals surface area contributed by atoms with Crippen molar-refractivity contribution in [2.75, 3.05) is 13.1 Å². The van der Waals surface area contributed by atoms with Gasteiger partial charge < -0.3 is 15.3 Å². The van der Waals surface area contributed by atoms with Gasteiger partial charge in [-0.1, -0.05) is 13.8 Å². The van der Waals surface area contributed by atoms with Crippen LogP contribution in [0.3, 0.4) is 0 Å². The van der Waals surface area contributed by atoms with E-state index in [0.717, 1.165) is 0 Å². The van der Waals surface area contributed by atoms with Gasteiger partial charge in [-0.05, 0) is 25.2 Å². The van der Waals surface area contributed by atoms with Gasteiger partial charge in [0, 0.05) is 18.9 Å². The predicted molar refractivity (Wildman–Crippen MR) is 82.9 cm³/mol. The van der Waals surface area contributed by atoms with Crippen molar-refractivity contribution in [2.24, 2.45) is 11.8 Å². The molecule has 2 atom stereocenters. The molecule has 9 nitrogen and oxygen atoms in total. The second kappa shape index (κ2) is 9.21. The standard InChI is InChI=1S/C15H25N3O6/c1-9(2)6-10(7-12(19)17-24)14(21)16-8-13(20)18-5-3-4-11(18)15(22)23/h9-11,24H,3-8H2,1-2H3,(H,16,21)(H,17,19)(H,22,23). The fraction of sp³-hybridized carbons (Fsp3) is 0.733. The number of carboxylic acid groups (broad SMARTS) is 1. The topological polar surface area (TPSA) is 136 Å². The summed E-state index contributed by atoms with van der Waals surface area (Å²) >= 11 is 0. The average molecular weight is 343 g/mol. The maximum Gasteiger partial charge on any atom is 0.326 e. The molecule has 9 heteroatoms. The average Bonchev–Trinajstić information content (AvgIpc) is 3.00. The molecule has 1 fully saturated rings. The maximum atomic E-state index is 12.2. The van der Waals surface area contributed by atoms with Crippen LogP contribution in [0.25, 0.3) is 0 Å². The highest BCUT2D eigenvalue weighted by atomic mass is 16.5. The fourth-order valence-electron chi connectivity index (χ4n) is 2.85. The van der Waals surface area contributed by atoms with Crippen molar-refractivity contribution in [3.05, 3.63) is 0 Å². The van der Waals surface area contributed by atoms with Crippen LogP contribution in [0.15, 0.2) is 0 Å². The van der Waals surface area contributed by atoms with Crippen molar-refractivity contribution < 1.29 is 29.5 Å². The van der Waals surface area contributed by atoms with Gasteiger partial charge in [-0.15, -0.1) is 0 Å². The van der Waals surface area contributed by atoms with Crippen molar-refractivity contribution in [2.45, 2.75) is 45.6 Å².